The minimum Gasteiger partial charge on any atom is -0.436 e. The molecule has 0 spiro atoms. The van der Waals surface area contributed by atoms with Crippen molar-refractivity contribution in [1.29, 1.82) is 0 Å². The average Bonchev–Trinajstić information content (AvgIpc) is 2.41. The molecule has 2 rings (SSSR count). The van der Waals surface area contributed by atoms with Crippen LogP contribution in [0.2, 0.25) is 0 Å². The molecule has 112 valence electrons. The number of benzene rings is 1. The normalized spacial score (nSPS) is 10.8. The first-order chi connectivity index (χ1) is 9.92. The van der Waals surface area contributed by atoms with Gasteiger partial charge in [0.25, 0.3) is 5.88 Å². The molecule has 0 aliphatic rings. The Morgan fingerprint density at radius 3 is 2.48 bits per heavy atom. The Kier molecular flexibility index (Phi) is 4.40. The van der Waals surface area contributed by atoms with Crippen LogP contribution >= 0.6 is 0 Å². The van der Waals surface area contributed by atoms with Gasteiger partial charge in [-0.25, -0.2) is 8.78 Å². The molecule has 0 unspecified atom stereocenters. The van der Waals surface area contributed by atoms with E-state index in [2.05, 4.69) is 10.3 Å². The van der Waals surface area contributed by atoms with Gasteiger partial charge in [0.2, 0.25) is 0 Å². The van der Waals surface area contributed by atoms with E-state index < -0.39 is 11.6 Å². The number of hydrogen-bond donors (Lipinski definition) is 1. The average molecular weight is 292 g/mol. The van der Waals surface area contributed by atoms with Crippen molar-refractivity contribution in [3.8, 4) is 11.6 Å². The lowest BCUT2D eigenvalue weighted by Crippen LogP contribution is -2.02. The van der Waals surface area contributed by atoms with Crippen LogP contribution in [0.3, 0.4) is 0 Å². The largest absolute Gasteiger partial charge is 0.436 e. The van der Waals surface area contributed by atoms with E-state index in [1.54, 1.807) is 0 Å². The van der Waals surface area contributed by atoms with Crippen LogP contribution in [-0.4, -0.2) is 12.0 Å². The molecule has 1 aromatic carbocycles. The van der Waals surface area contributed by atoms with Crippen molar-refractivity contribution in [2.45, 2.75) is 26.7 Å². The maximum Gasteiger partial charge on any atom is 0.258 e. The number of halogens is 2. The SMILES string of the molecule is CNc1nc(Oc2cc(C)ccc2C(C)C)c(F)cc1F. The van der Waals surface area contributed by atoms with Crippen LogP contribution < -0.4 is 10.1 Å². The standard InChI is InChI=1S/C16H18F2N2O/c1-9(2)11-6-5-10(3)7-14(11)21-16-13(18)8-12(17)15(19-4)20-16/h5-9H,1-4H3,(H,19,20). The van der Waals surface area contributed by atoms with Gasteiger partial charge in [-0.2, -0.15) is 4.98 Å². The zero-order valence-electron chi connectivity index (χ0n) is 12.5. The lowest BCUT2D eigenvalue weighted by molar-refractivity contribution is 0.412. The van der Waals surface area contributed by atoms with Crippen molar-refractivity contribution in [1.82, 2.24) is 4.98 Å². The summed E-state index contributed by atoms with van der Waals surface area (Å²) in [6.07, 6.45) is 0. The Morgan fingerprint density at radius 1 is 1.14 bits per heavy atom. The number of nitrogens with zero attached hydrogens (tertiary/aromatic N) is 1. The van der Waals surface area contributed by atoms with E-state index in [1.807, 2.05) is 39.0 Å². The van der Waals surface area contributed by atoms with Gasteiger partial charge in [0.1, 0.15) is 5.75 Å². The highest BCUT2D eigenvalue weighted by Gasteiger charge is 2.16. The third kappa shape index (κ3) is 3.29. The summed E-state index contributed by atoms with van der Waals surface area (Å²) >= 11 is 0. The van der Waals surface area contributed by atoms with Crippen molar-refractivity contribution < 1.29 is 13.5 Å². The third-order valence-corrected chi connectivity index (χ3v) is 3.13. The molecule has 0 saturated carbocycles. The predicted octanol–water partition coefficient (Wildman–Crippen LogP) is 4.63. The summed E-state index contributed by atoms with van der Waals surface area (Å²) in [5.41, 5.74) is 1.93. The fourth-order valence-electron chi connectivity index (χ4n) is 2.01. The van der Waals surface area contributed by atoms with Crippen LogP contribution in [0.15, 0.2) is 24.3 Å². The molecule has 1 N–H and O–H groups in total. The number of pyridine rings is 1. The van der Waals surface area contributed by atoms with Crippen molar-refractivity contribution in [3.63, 3.8) is 0 Å². The summed E-state index contributed by atoms with van der Waals surface area (Å²) < 4.78 is 32.8. The minimum atomic E-state index is -0.831. The molecule has 0 fully saturated rings. The van der Waals surface area contributed by atoms with Crippen molar-refractivity contribution in [2.75, 3.05) is 12.4 Å². The predicted molar refractivity (Wildman–Crippen MR) is 79.0 cm³/mol. The first kappa shape index (κ1) is 15.2. The second kappa shape index (κ2) is 6.08. The molecule has 0 atom stereocenters. The number of rotatable bonds is 4. The molecular weight excluding hydrogens is 274 g/mol. The second-order valence-corrected chi connectivity index (χ2v) is 5.15. The molecule has 0 saturated heterocycles. The van der Waals surface area contributed by atoms with Gasteiger partial charge in [0.05, 0.1) is 0 Å². The number of ether oxygens (including phenoxy) is 1. The molecule has 0 aliphatic heterocycles. The van der Waals surface area contributed by atoms with Gasteiger partial charge in [-0.15, -0.1) is 0 Å². The van der Waals surface area contributed by atoms with Gasteiger partial charge >= 0.3 is 0 Å². The fraction of sp³-hybridized carbons (Fsp3) is 0.312. The molecule has 21 heavy (non-hydrogen) atoms. The van der Waals surface area contributed by atoms with E-state index in [1.165, 1.54) is 7.05 Å². The van der Waals surface area contributed by atoms with E-state index in [0.29, 0.717) is 5.75 Å². The Balaban J connectivity index is 2.45. The third-order valence-electron chi connectivity index (χ3n) is 3.13. The van der Waals surface area contributed by atoms with Crippen LogP contribution in [0.25, 0.3) is 0 Å². The molecular formula is C16H18F2N2O. The first-order valence-corrected chi connectivity index (χ1v) is 6.74. The lowest BCUT2D eigenvalue weighted by Gasteiger charge is -2.15. The Labute approximate surface area is 123 Å². The van der Waals surface area contributed by atoms with Crippen LogP contribution in [-0.2, 0) is 0 Å². The molecule has 3 nitrogen and oxygen atoms in total. The highest BCUT2D eigenvalue weighted by atomic mass is 19.1. The maximum atomic E-state index is 13.8. The molecule has 2 aromatic rings. The van der Waals surface area contributed by atoms with Crippen LogP contribution in [0, 0.1) is 18.6 Å². The van der Waals surface area contributed by atoms with Crippen molar-refractivity contribution >= 4 is 5.82 Å². The number of nitrogens with one attached hydrogen (secondary N) is 1. The number of aromatic nitrogens is 1. The highest BCUT2D eigenvalue weighted by molar-refractivity contribution is 5.44. The van der Waals surface area contributed by atoms with Gasteiger partial charge in [-0.1, -0.05) is 26.0 Å². The lowest BCUT2D eigenvalue weighted by atomic mass is 10.0. The molecule has 0 aliphatic carbocycles. The zero-order chi connectivity index (χ0) is 15.6. The zero-order valence-corrected chi connectivity index (χ0v) is 12.5. The van der Waals surface area contributed by atoms with Gasteiger partial charge in [-0.3, -0.25) is 0 Å². The van der Waals surface area contributed by atoms with Crippen molar-refractivity contribution in [2.24, 2.45) is 0 Å². The summed E-state index contributed by atoms with van der Waals surface area (Å²) in [6, 6.07) is 6.49. The van der Waals surface area contributed by atoms with E-state index in [4.69, 9.17) is 4.74 Å². The summed E-state index contributed by atoms with van der Waals surface area (Å²) in [5, 5.41) is 2.56. The smallest absolute Gasteiger partial charge is 0.258 e. The molecule has 0 bridgehead atoms. The molecule has 0 radical (unpaired) electrons. The summed E-state index contributed by atoms with van der Waals surface area (Å²) in [7, 11) is 1.51. The maximum absolute atomic E-state index is 13.8. The highest BCUT2D eigenvalue weighted by Crippen LogP contribution is 2.32. The van der Waals surface area contributed by atoms with Gasteiger partial charge in [0.15, 0.2) is 17.5 Å². The Morgan fingerprint density at radius 2 is 1.86 bits per heavy atom. The molecule has 1 aromatic heterocycles. The van der Waals surface area contributed by atoms with Gasteiger partial charge < -0.3 is 10.1 Å². The van der Waals surface area contributed by atoms with Gasteiger partial charge in [0, 0.05) is 13.1 Å². The summed E-state index contributed by atoms with van der Waals surface area (Å²) in [6.45, 7) is 5.96. The summed E-state index contributed by atoms with van der Waals surface area (Å²) in [4.78, 5) is 3.83. The fourth-order valence-corrected chi connectivity index (χ4v) is 2.01. The Hall–Kier alpha value is -2.17. The molecule has 0 amide bonds. The first-order valence-electron chi connectivity index (χ1n) is 6.74. The molecule has 1 heterocycles. The second-order valence-electron chi connectivity index (χ2n) is 5.15. The van der Waals surface area contributed by atoms with E-state index in [0.717, 1.165) is 17.2 Å². The van der Waals surface area contributed by atoms with Crippen LogP contribution in [0.5, 0.6) is 11.6 Å². The minimum absolute atomic E-state index is 0.0508. The van der Waals surface area contributed by atoms with Gasteiger partial charge in [-0.05, 0) is 30.0 Å². The van der Waals surface area contributed by atoms with Crippen LogP contribution in [0.4, 0.5) is 14.6 Å². The quantitative estimate of drug-likeness (QED) is 0.892. The number of hydrogen-bond acceptors (Lipinski definition) is 3. The van der Waals surface area contributed by atoms with Crippen molar-refractivity contribution in [3.05, 3.63) is 47.0 Å². The topological polar surface area (TPSA) is 34.2 Å². The molecule has 5 heteroatoms. The number of anilines is 1. The van der Waals surface area contributed by atoms with E-state index in [-0.39, 0.29) is 17.6 Å². The van der Waals surface area contributed by atoms with E-state index in [9.17, 15) is 8.78 Å². The monoisotopic (exact) mass is 292 g/mol. The van der Waals surface area contributed by atoms with E-state index >= 15 is 0 Å². The summed E-state index contributed by atoms with van der Waals surface area (Å²) in [5.74, 6) is -1.13. The van der Waals surface area contributed by atoms with Crippen LogP contribution in [0.1, 0.15) is 30.9 Å². The number of aryl methyl sites for hydroxylation is 1. The Bertz CT molecular complexity index is 657.